The maximum Gasteiger partial charge on any atom is 0.409 e. The molecule has 194 valence electrons. The van der Waals surface area contributed by atoms with Crippen molar-refractivity contribution in [2.24, 2.45) is 0 Å². The third kappa shape index (κ3) is 6.48. The number of hydrogen-bond donors (Lipinski definition) is 3. The van der Waals surface area contributed by atoms with Gasteiger partial charge in [0, 0.05) is 30.2 Å². The summed E-state index contributed by atoms with van der Waals surface area (Å²) in [4.78, 5) is 43.2. The Morgan fingerprint density at radius 2 is 1.74 bits per heavy atom. The van der Waals surface area contributed by atoms with Gasteiger partial charge in [0.1, 0.15) is 5.82 Å². The van der Waals surface area contributed by atoms with Crippen LogP contribution < -0.4 is 10.6 Å². The van der Waals surface area contributed by atoms with Crippen LogP contribution in [0.4, 0.5) is 20.6 Å². The van der Waals surface area contributed by atoms with Gasteiger partial charge in [-0.15, -0.1) is 0 Å². The van der Waals surface area contributed by atoms with Crippen LogP contribution in [-0.2, 0) is 11.3 Å². The van der Waals surface area contributed by atoms with Crippen LogP contribution in [0.15, 0.2) is 79.4 Å². The molecule has 0 saturated heterocycles. The molecule has 3 N–H and O–H groups in total. The molecule has 3 aromatic carbocycles. The number of benzene rings is 3. The van der Waals surface area contributed by atoms with E-state index in [1.54, 1.807) is 65.8 Å². The first-order valence-electron chi connectivity index (χ1n) is 11.7. The first kappa shape index (κ1) is 26.2. The van der Waals surface area contributed by atoms with Crippen molar-refractivity contribution in [1.82, 2.24) is 14.5 Å². The fraction of sp³-hybridized carbons (Fsp3) is 0.143. The van der Waals surface area contributed by atoms with Gasteiger partial charge in [-0.25, -0.2) is 14.2 Å². The highest BCUT2D eigenvalue weighted by Crippen LogP contribution is 2.34. The number of hydrogen-bond acceptors (Lipinski definition) is 5. The van der Waals surface area contributed by atoms with Gasteiger partial charge in [0.2, 0.25) is 5.91 Å². The number of rotatable bonds is 9. The number of carboxylic acid groups (broad SMARTS) is 1. The molecule has 1 heterocycles. The highest BCUT2D eigenvalue weighted by molar-refractivity contribution is 6.12. The van der Waals surface area contributed by atoms with E-state index in [9.17, 15) is 23.9 Å². The summed E-state index contributed by atoms with van der Waals surface area (Å²) in [7, 11) is 3.73. The van der Waals surface area contributed by atoms with Gasteiger partial charge in [-0.3, -0.25) is 14.9 Å². The lowest BCUT2D eigenvalue weighted by Gasteiger charge is -2.19. The van der Waals surface area contributed by atoms with Crippen LogP contribution in [0.5, 0.6) is 0 Å². The van der Waals surface area contributed by atoms with Gasteiger partial charge in [-0.05, 0) is 67.2 Å². The predicted molar refractivity (Wildman–Crippen MR) is 142 cm³/mol. The number of carbonyl (C=O) groups is 3. The van der Waals surface area contributed by atoms with E-state index in [2.05, 4.69) is 15.6 Å². The quantitative estimate of drug-likeness (QED) is 0.212. The van der Waals surface area contributed by atoms with Crippen molar-refractivity contribution in [2.45, 2.75) is 13.0 Å². The number of imidazole rings is 1. The van der Waals surface area contributed by atoms with Gasteiger partial charge in [-0.1, -0.05) is 24.3 Å². The van der Waals surface area contributed by atoms with Crippen molar-refractivity contribution in [3.63, 3.8) is 0 Å². The molecule has 10 heteroatoms. The number of aromatic nitrogens is 2. The van der Waals surface area contributed by atoms with Crippen LogP contribution in [0.2, 0.25) is 0 Å². The van der Waals surface area contributed by atoms with E-state index in [-0.39, 0.29) is 11.4 Å². The summed E-state index contributed by atoms with van der Waals surface area (Å²) in [5.41, 5.74) is 3.54. The Balaban J connectivity index is 1.62. The second-order valence-corrected chi connectivity index (χ2v) is 8.90. The van der Waals surface area contributed by atoms with Crippen molar-refractivity contribution in [1.29, 1.82) is 0 Å². The lowest BCUT2D eigenvalue weighted by atomic mass is 9.97. The van der Waals surface area contributed by atoms with Gasteiger partial charge >= 0.3 is 6.09 Å². The van der Waals surface area contributed by atoms with Crippen molar-refractivity contribution >= 4 is 29.2 Å². The minimum Gasteiger partial charge on any atom is -0.465 e. The Hall–Kier alpha value is -4.83. The van der Waals surface area contributed by atoms with Crippen molar-refractivity contribution in [3.05, 3.63) is 96.3 Å². The topological polar surface area (TPSA) is 117 Å². The maximum atomic E-state index is 13.6. The third-order valence-electron chi connectivity index (χ3n) is 5.69. The zero-order valence-corrected chi connectivity index (χ0v) is 20.8. The van der Waals surface area contributed by atoms with E-state index in [1.807, 2.05) is 25.1 Å². The van der Waals surface area contributed by atoms with Crippen molar-refractivity contribution in [2.75, 3.05) is 24.7 Å². The molecule has 4 aromatic rings. The van der Waals surface area contributed by atoms with Crippen LogP contribution in [0, 0.1) is 5.82 Å². The number of Topliss-reactive ketones (excluding diaryl/α,β-unsaturated/α-hetero) is 1. The fourth-order valence-electron chi connectivity index (χ4n) is 4.03. The second kappa shape index (κ2) is 11.5. The molecular formula is C28H26FN5O4. The molecule has 0 aliphatic heterocycles. The average Bonchev–Trinajstić information content (AvgIpc) is 3.41. The molecule has 2 amide bonds. The zero-order valence-electron chi connectivity index (χ0n) is 20.8. The Morgan fingerprint density at radius 1 is 1.00 bits per heavy atom. The molecule has 0 spiro atoms. The zero-order chi connectivity index (χ0) is 27.2. The van der Waals surface area contributed by atoms with Crippen molar-refractivity contribution < 1.29 is 23.9 Å². The molecule has 0 radical (unpaired) electrons. The third-order valence-corrected chi connectivity index (χ3v) is 5.69. The Labute approximate surface area is 218 Å². The number of halogens is 1. The highest BCUT2D eigenvalue weighted by atomic mass is 19.1. The summed E-state index contributed by atoms with van der Waals surface area (Å²) in [6.07, 6.45) is 3.20. The Morgan fingerprint density at radius 3 is 2.39 bits per heavy atom. The molecule has 4 rings (SSSR count). The maximum absolute atomic E-state index is 13.6. The minimum absolute atomic E-state index is 0.156. The number of anilines is 2. The monoisotopic (exact) mass is 515 g/mol. The van der Waals surface area contributed by atoms with Crippen LogP contribution in [0.1, 0.15) is 22.3 Å². The summed E-state index contributed by atoms with van der Waals surface area (Å²) in [6, 6.07) is 15.9. The molecule has 9 nitrogen and oxygen atoms in total. The van der Waals surface area contributed by atoms with Gasteiger partial charge in [0.25, 0.3) is 0 Å². The van der Waals surface area contributed by atoms with Gasteiger partial charge in [-0.2, -0.15) is 0 Å². The van der Waals surface area contributed by atoms with Gasteiger partial charge in [0.05, 0.1) is 24.1 Å². The molecule has 0 unspecified atom stereocenters. The minimum atomic E-state index is -1.31. The first-order valence-corrected chi connectivity index (χ1v) is 11.7. The average molecular weight is 516 g/mol. The molecule has 0 fully saturated rings. The largest absolute Gasteiger partial charge is 0.465 e. The van der Waals surface area contributed by atoms with E-state index in [4.69, 9.17) is 0 Å². The molecular weight excluding hydrogens is 489 g/mol. The summed E-state index contributed by atoms with van der Waals surface area (Å²) < 4.78 is 15.3. The molecule has 0 bridgehead atoms. The number of carbonyl (C=O) groups excluding carboxylic acids is 2. The fourth-order valence-corrected chi connectivity index (χ4v) is 4.03. The Kier molecular flexibility index (Phi) is 7.93. The molecule has 38 heavy (non-hydrogen) atoms. The molecule has 0 aliphatic carbocycles. The lowest BCUT2D eigenvalue weighted by Crippen LogP contribution is -2.19. The van der Waals surface area contributed by atoms with Crippen LogP contribution >= 0.6 is 0 Å². The molecule has 0 atom stereocenters. The van der Waals surface area contributed by atoms with Gasteiger partial charge in [0.15, 0.2) is 5.78 Å². The molecule has 1 aromatic heterocycles. The van der Waals surface area contributed by atoms with Crippen LogP contribution in [0.3, 0.4) is 0 Å². The lowest BCUT2D eigenvalue weighted by molar-refractivity contribution is -0.115. The molecule has 0 saturated carbocycles. The highest BCUT2D eigenvalue weighted by Gasteiger charge is 2.18. The van der Waals surface area contributed by atoms with E-state index < -0.39 is 30.0 Å². The van der Waals surface area contributed by atoms with Gasteiger partial charge < -0.3 is 19.9 Å². The van der Waals surface area contributed by atoms with Crippen LogP contribution in [0.25, 0.3) is 16.8 Å². The summed E-state index contributed by atoms with van der Waals surface area (Å²) in [5, 5.41) is 14.4. The van der Waals surface area contributed by atoms with Crippen molar-refractivity contribution in [3.8, 4) is 16.8 Å². The standard InChI is InChI=1S/C28H26FN5O4/c1-33(2)16-20-13-24(32-28(37)38)25(14-23(20)18-6-8-21(29)9-7-18)31-27(36)15-26(35)19-4-3-5-22(12-19)34-11-10-30-17-34/h3-14,17,32H,15-16H2,1-2H3,(H,31,36)(H,37,38). The number of ketones is 1. The van der Waals surface area contributed by atoms with E-state index in [0.717, 1.165) is 11.3 Å². The second-order valence-electron chi connectivity index (χ2n) is 8.90. The van der Waals surface area contributed by atoms with E-state index in [0.29, 0.717) is 23.2 Å². The number of nitrogens with one attached hydrogen (secondary N) is 2. The summed E-state index contributed by atoms with van der Waals surface area (Å²) in [5.74, 6) is -1.40. The summed E-state index contributed by atoms with van der Waals surface area (Å²) >= 11 is 0. The number of amides is 2. The number of nitrogens with zero attached hydrogens (tertiary/aromatic N) is 3. The van der Waals surface area contributed by atoms with E-state index in [1.165, 1.54) is 12.1 Å². The Bertz CT molecular complexity index is 1470. The SMILES string of the molecule is CN(C)Cc1cc(NC(=O)O)c(NC(=O)CC(=O)c2cccc(-n3ccnc3)c2)cc1-c1ccc(F)cc1. The predicted octanol–water partition coefficient (Wildman–Crippen LogP) is 5.04. The normalized spacial score (nSPS) is 10.8. The van der Waals surface area contributed by atoms with Crippen LogP contribution in [-0.4, -0.2) is 51.4 Å². The summed E-state index contributed by atoms with van der Waals surface area (Å²) in [6.45, 7) is 0.459. The molecule has 0 aliphatic rings. The van der Waals surface area contributed by atoms with E-state index >= 15 is 0 Å². The first-order chi connectivity index (χ1) is 18.2. The smallest absolute Gasteiger partial charge is 0.409 e.